The number of carboxylic acid groups (broad SMARTS) is 1. The third kappa shape index (κ3) is 4.23. The first-order valence-corrected chi connectivity index (χ1v) is 7.77. The number of hydrogen-bond acceptors (Lipinski definition) is 5. The monoisotopic (exact) mass is 345 g/mol. The fourth-order valence-electron chi connectivity index (χ4n) is 2.33. The summed E-state index contributed by atoms with van der Waals surface area (Å²) in [4.78, 5) is 35.5. The van der Waals surface area contributed by atoms with Gasteiger partial charge in [0.15, 0.2) is 11.4 Å². The van der Waals surface area contributed by atoms with Crippen LogP contribution in [0.1, 0.15) is 35.8 Å². The molecule has 25 heavy (non-hydrogen) atoms. The van der Waals surface area contributed by atoms with Gasteiger partial charge in [0, 0.05) is 6.07 Å². The summed E-state index contributed by atoms with van der Waals surface area (Å²) < 4.78 is 0.983. The third-order valence-electron chi connectivity index (χ3n) is 3.55. The minimum atomic E-state index is -1.18. The zero-order valence-electron chi connectivity index (χ0n) is 13.9. The van der Waals surface area contributed by atoms with Crippen molar-refractivity contribution in [3.05, 3.63) is 51.9 Å². The van der Waals surface area contributed by atoms with Gasteiger partial charge in [-0.05, 0) is 31.0 Å². The molecule has 8 nitrogen and oxygen atoms in total. The van der Waals surface area contributed by atoms with Gasteiger partial charge >= 0.3 is 5.97 Å². The van der Waals surface area contributed by atoms with Crippen molar-refractivity contribution >= 4 is 11.9 Å². The quantitative estimate of drug-likeness (QED) is 0.724. The highest BCUT2D eigenvalue weighted by Gasteiger charge is 2.23. The van der Waals surface area contributed by atoms with Crippen molar-refractivity contribution in [1.82, 2.24) is 15.1 Å². The number of carbonyl (C=O) groups is 2. The van der Waals surface area contributed by atoms with Crippen molar-refractivity contribution < 1.29 is 19.8 Å². The van der Waals surface area contributed by atoms with Crippen LogP contribution in [0.5, 0.6) is 5.75 Å². The highest BCUT2D eigenvalue weighted by molar-refractivity contribution is 5.96. The summed E-state index contributed by atoms with van der Waals surface area (Å²) in [7, 11) is 0. The van der Waals surface area contributed by atoms with E-state index in [9.17, 15) is 19.5 Å². The van der Waals surface area contributed by atoms with Crippen LogP contribution < -0.4 is 10.9 Å². The van der Waals surface area contributed by atoms with Crippen molar-refractivity contribution in [1.29, 1.82) is 0 Å². The Bertz CT molecular complexity index is 860. The summed E-state index contributed by atoms with van der Waals surface area (Å²) in [5, 5.41) is 25.2. The molecule has 132 valence electrons. The number of aliphatic carboxylic acids is 1. The number of hydrogen-bond donors (Lipinski definition) is 3. The van der Waals surface area contributed by atoms with E-state index in [1.54, 1.807) is 25.1 Å². The van der Waals surface area contributed by atoms with Gasteiger partial charge < -0.3 is 15.5 Å². The first-order valence-electron chi connectivity index (χ1n) is 7.77. The van der Waals surface area contributed by atoms with Gasteiger partial charge in [-0.2, -0.15) is 9.78 Å². The maximum absolute atomic E-state index is 12.3. The van der Waals surface area contributed by atoms with Crippen molar-refractivity contribution in [2.45, 2.75) is 32.7 Å². The fourth-order valence-corrected chi connectivity index (χ4v) is 2.33. The molecule has 0 bridgehead atoms. The van der Waals surface area contributed by atoms with Crippen LogP contribution in [-0.2, 0) is 4.79 Å². The average molecular weight is 345 g/mol. The topological polar surface area (TPSA) is 122 Å². The van der Waals surface area contributed by atoms with Gasteiger partial charge in [0.05, 0.1) is 5.69 Å². The Kier molecular flexibility index (Phi) is 5.53. The molecule has 0 aliphatic heterocycles. The van der Waals surface area contributed by atoms with Crippen LogP contribution in [0, 0.1) is 6.92 Å². The van der Waals surface area contributed by atoms with Crippen LogP contribution in [0.15, 0.2) is 35.1 Å². The SMILES string of the molecule is CCCC(NC(=O)c1nn(-c2cccc(C)c2)c(=O)cc1O)C(=O)O. The largest absolute Gasteiger partial charge is 0.505 e. The number of rotatable bonds is 6. The smallest absolute Gasteiger partial charge is 0.326 e. The summed E-state index contributed by atoms with van der Waals surface area (Å²) in [6.07, 6.45) is 0.790. The summed E-state index contributed by atoms with van der Waals surface area (Å²) in [5.74, 6) is -2.64. The molecule has 0 aliphatic rings. The number of amides is 1. The van der Waals surface area contributed by atoms with Crippen LogP contribution >= 0.6 is 0 Å². The Balaban J connectivity index is 2.41. The number of aryl methyl sites for hydroxylation is 1. The zero-order valence-corrected chi connectivity index (χ0v) is 13.9. The third-order valence-corrected chi connectivity index (χ3v) is 3.55. The van der Waals surface area contributed by atoms with Gasteiger partial charge in [-0.15, -0.1) is 0 Å². The predicted octanol–water partition coefficient (Wildman–Crippen LogP) is 1.23. The standard InChI is InChI=1S/C17H19N3O5/c1-3-5-12(17(24)25)18-16(23)15-13(21)9-14(22)20(19-15)11-7-4-6-10(2)8-11/h4,6-9,12,21H,3,5H2,1-2H3,(H,18,23)(H,24,25). The molecule has 0 radical (unpaired) electrons. The Morgan fingerprint density at radius 1 is 1.32 bits per heavy atom. The van der Waals surface area contributed by atoms with E-state index >= 15 is 0 Å². The van der Waals surface area contributed by atoms with Crippen molar-refractivity contribution in [3.8, 4) is 11.4 Å². The maximum atomic E-state index is 12.3. The van der Waals surface area contributed by atoms with E-state index in [1.807, 2.05) is 13.0 Å². The van der Waals surface area contributed by atoms with Gasteiger partial charge in [-0.3, -0.25) is 9.59 Å². The van der Waals surface area contributed by atoms with Gasteiger partial charge in [0.2, 0.25) is 0 Å². The molecule has 8 heteroatoms. The number of nitrogens with zero attached hydrogens (tertiary/aromatic N) is 2. The van der Waals surface area contributed by atoms with E-state index in [1.165, 1.54) is 0 Å². The van der Waals surface area contributed by atoms with Gasteiger partial charge in [0.25, 0.3) is 11.5 Å². The summed E-state index contributed by atoms with van der Waals surface area (Å²) >= 11 is 0. The van der Waals surface area contributed by atoms with Crippen molar-refractivity contribution in [2.75, 3.05) is 0 Å². The second kappa shape index (κ2) is 7.61. The summed E-state index contributed by atoms with van der Waals surface area (Å²) in [6, 6.07) is 6.68. The van der Waals surface area contributed by atoms with Gasteiger partial charge in [-0.25, -0.2) is 4.79 Å². The lowest BCUT2D eigenvalue weighted by atomic mass is 10.1. The molecule has 1 aromatic carbocycles. The Morgan fingerprint density at radius 2 is 2.04 bits per heavy atom. The molecule has 1 heterocycles. The lowest BCUT2D eigenvalue weighted by molar-refractivity contribution is -0.139. The van der Waals surface area contributed by atoms with E-state index < -0.39 is 34.9 Å². The normalized spacial score (nSPS) is 11.8. The van der Waals surface area contributed by atoms with Gasteiger partial charge in [0.1, 0.15) is 6.04 Å². The maximum Gasteiger partial charge on any atom is 0.326 e. The lowest BCUT2D eigenvalue weighted by Crippen LogP contribution is -2.41. The molecule has 1 unspecified atom stereocenters. The number of nitrogens with one attached hydrogen (secondary N) is 1. The van der Waals surface area contributed by atoms with Crippen LogP contribution in [-0.4, -0.2) is 37.9 Å². The second-order valence-electron chi connectivity index (χ2n) is 5.62. The van der Waals surface area contributed by atoms with E-state index in [4.69, 9.17) is 5.11 Å². The second-order valence-corrected chi connectivity index (χ2v) is 5.62. The number of carbonyl (C=O) groups excluding carboxylic acids is 1. The molecule has 1 aromatic heterocycles. The highest BCUT2D eigenvalue weighted by atomic mass is 16.4. The molecule has 0 spiro atoms. The lowest BCUT2D eigenvalue weighted by Gasteiger charge is -2.14. The molecule has 1 atom stereocenters. The van der Waals surface area contributed by atoms with Crippen LogP contribution in [0.25, 0.3) is 5.69 Å². The highest BCUT2D eigenvalue weighted by Crippen LogP contribution is 2.14. The molecule has 3 N–H and O–H groups in total. The van der Waals surface area contributed by atoms with Crippen LogP contribution in [0.4, 0.5) is 0 Å². The minimum Gasteiger partial charge on any atom is -0.505 e. The van der Waals surface area contributed by atoms with E-state index in [-0.39, 0.29) is 6.42 Å². The minimum absolute atomic E-state index is 0.235. The fraction of sp³-hybridized carbons (Fsp3) is 0.294. The Hall–Kier alpha value is -3.16. The molecule has 0 aliphatic carbocycles. The molecule has 0 fully saturated rings. The molecule has 0 saturated heterocycles. The zero-order chi connectivity index (χ0) is 18.6. The molecular formula is C17H19N3O5. The molecule has 1 amide bonds. The van der Waals surface area contributed by atoms with E-state index in [0.29, 0.717) is 12.1 Å². The van der Waals surface area contributed by atoms with Crippen molar-refractivity contribution in [3.63, 3.8) is 0 Å². The van der Waals surface area contributed by atoms with Crippen LogP contribution in [0.3, 0.4) is 0 Å². The summed E-state index contributed by atoms with van der Waals surface area (Å²) in [6.45, 7) is 3.63. The van der Waals surface area contributed by atoms with Crippen LogP contribution in [0.2, 0.25) is 0 Å². The molecule has 2 aromatic rings. The number of carboxylic acids is 1. The Labute approximate surface area is 143 Å². The first kappa shape index (κ1) is 18.2. The number of aromatic hydroxyl groups is 1. The Morgan fingerprint density at radius 3 is 2.64 bits per heavy atom. The molecular weight excluding hydrogens is 326 g/mol. The number of benzene rings is 1. The van der Waals surface area contributed by atoms with Crippen molar-refractivity contribution in [2.24, 2.45) is 0 Å². The van der Waals surface area contributed by atoms with E-state index in [0.717, 1.165) is 16.3 Å². The van der Waals surface area contributed by atoms with Gasteiger partial charge in [-0.1, -0.05) is 25.5 Å². The summed E-state index contributed by atoms with van der Waals surface area (Å²) in [5.41, 5.74) is 0.299. The molecule has 2 rings (SSSR count). The molecule has 0 saturated carbocycles. The number of aromatic nitrogens is 2. The average Bonchev–Trinajstić information content (AvgIpc) is 2.54. The van der Waals surface area contributed by atoms with E-state index in [2.05, 4.69) is 10.4 Å². The first-order chi connectivity index (χ1) is 11.8. The predicted molar refractivity (Wildman–Crippen MR) is 90.0 cm³/mol.